The lowest BCUT2D eigenvalue weighted by molar-refractivity contribution is -0.0593. The van der Waals surface area contributed by atoms with Crippen LogP contribution in [0.5, 0.6) is 6.01 Å². The number of piperidine rings is 1. The highest BCUT2D eigenvalue weighted by Crippen LogP contribution is 2.29. The lowest BCUT2D eigenvalue weighted by Crippen LogP contribution is -2.35. The highest BCUT2D eigenvalue weighted by Gasteiger charge is 2.26. The third-order valence-electron chi connectivity index (χ3n) is 7.12. The van der Waals surface area contributed by atoms with Crippen LogP contribution in [-0.4, -0.2) is 60.4 Å². The molecule has 2 saturated heterocycles. The molecule has 6 rings (SSSR count). The maximum Gasteiger partial charge on any atom is 0.316 e. The molecule has 1 aromatic carbocycles. The molecule has 2 aliphatic heterocycles. The Bertz CT molecular complexity index is 1440. The molecular weight excluding hydrogens is 532 g/mol. The molecule has 5 heterocycles. The highest BCUT2D eigenvalue weighted by atomic mass is 35.5. The van der Waals surface area contributed by atoms with Gasteiger partial charge in [-0.1, -0.05) is 29.3 Å². The number of hydrogen-bond acceptors (Lipinski definition) is 8. The van der Waals surface area contributed by atoms with E-state index in [-0.39, 0.29) is 24.6 Å². The maximum atomic E-state index is 14.1. The van der Waals surface area contributed by atoms with Crippen LogP contribution in [0.1, 0.15) is 42.3 Å². The van der Waals surface area contributed by atoms with E-state index in [9.17, 15) is 4.39 Å². The summed E-state index contributed by atoms with van der Waals surface area (Å²) in [7, 11) is 0. The van der Waals surface area contributed by atoms with E-state index in [4.69, 9.17) is 37.7 Å². The number of benzene rings is 1. The van der Waals surface area contributed by atoms with Gasteiger partial charge in [0.05, 0.1) is 24.9 Å². The Labute approximate surface area is 228 Å². The Kier molecular flexibility index (Phi) is 7.38. The number of ether oxygens (including phenoxy) is 2. The van der Waals surface area contributed by atoms with Gasteiger partial charge in [0.1, 0.15) is 23.8 Å². The molecule has 2 fully saturated rings. The molecule has 3 aromatic heterocycles. The first-order valence-corrected chi connectivity index (χ1v) is 13.4. The molecule has 0 bridgehead atoms. The lowest BCUT2D eigenvalue weighted by Gasteiger charge is -2.32. The van der Waals surface area contributed by atoms with Crippen LogP contribution in [0, 0.1) is 5.82 Å². The van der Waals surface area contributed by atoms with Crippen molar-refractivity contribution < 1.29 is 13.9 Å². The normalized spacial score (nSPS) is 18.6. The topological polar surface area (TPSA) is 91.1 Å². The van der Waals surface area contributed by atoms with Gasteiger partial charge in [-0.25, -0.2) is 14.4 Å². The molecule has 0 spiro atoms. The van der Waals surface area contributed by atoms with Gasteiger partial charge in [-0.05, 0) is 50.6 Å². The molecule has 0 N–H and O–H groups in total. The van der Waals surface area contributed by atoms with Crippen molar-refractivity contribution >= 4 is 34.4 Å². The van der Waals surface area contributed by atoms with Crippen molar-refractivity contribution in [3.05, 3.63) is 69.6 Å². The largest absolute Gasteiger partial charge is 0.458 e. The average molecular weight is 558 g/mol. The Balaban J connectivity index is 1.09. The van der Waals surface area contributed by atoms with Crippen LogP contribution in [-0.2, 0) is 24.4 Å². The van der Waals surface area contributed by atoms with Crippen molar-refractivity contribution in [1.82, 2.24) is 34.6 Å². The molecule has 38 heavy (non-hydrogen) atoms. The van der Waals surface area contributed by atoms with Crippen molar-refractivity contribution in [2.24, 2.45) is 0 Å². The van der Waals surface area contributed by atoms with Crippen molar-refractivity contribution in [3.8, 4) is 6.01 Å². The summed E-state index contributed by atoms with van der Waals surface area (Å²) in [5, 5.41) is 9.00. The van der Waals surface area contributed by atoms with E-state index in [0.717, 1.165) is 61.6 Å². The summed E-state index contributed by atoms with van der Waals surface area (Å²) in [6, 6.07) is 8.43. The average Bonchev–Trinajstić information content (AvgIpc) is 3.22. The van der Waals surface area contributed by atoms with E-state index < -0.39 is 5.82 Å². The third-order valence-corrected chi connectivity index (χ3v) is 7.54. The standard InChI is InChI=1S/C26H26Cl2FN7O2/c27-18-2-1-17(20(29)11-18)15-38-26-30-7-3-21(32-26)16-4-8-35(9-5-16)14-24-31-22-12-23(28)33-34-25(22)36(24)13-19-6-10-37-19/h1-3,7,11-12,16,19H,4-6,8-10,13-15H2/t19-/m0/s1. The fourth-order valence-corrected chi connectivity index (χ4v) is 5.21. The van der Waals surface area contributed by atoms with Crippen molar-refractivity contribution in [2.45, 2.75) is 51.0 Å². The van der Waals surface area contributed by atoms with Crippen molar-refractivity contribution in [1.29, 1.82) is 0 Å². The minimum absolute atomic E-state index is 0.0351. The van der Waals surface area contributed by atoms with Gasteiger partial charge in [0.15, 0.2) is 10.8 Å². The first-order chi connectivity index (χ1) is 18.5. The second-order valence-electron chi connectivity index (χ2n) is 9.63. The van der Waals surface area contributed by atoms with Gasteiger partial charge in [-0.3, -0.25) is 4.90 Å². The van der Waals surface area contributed by atoms with Crippen LogP contribution in [0.25, 0.3) is 11.2 Å². The monoisotopic (exact) mass is 557 g/mol. The maximum absolute atomic E-state index is 14.1. The minimum Gasteiger partial charge on any atom is -0.458 e. The summed E-state index contributed by atoms with van der Waals surface area (Å²) in [6.07, 6.45) is 4.80. The summed E-state index contributed by atoms with van der Waals surface area (Å²) in [6.45, 7) is 4.05. The predicted octanol–water partition coefficient (Wildman–Crippen LogP) is 4.81. The van der Waals surface area contributed by atoms with E-state index in [1.54, 1.807) is 24.4 Å². The van der Waals surface area contributed by atoms with Gasteiger partial charge in [-0.15, -0.1) is 10.2 Å². The van der Waals surface area contributed by atoms with Crippen LogP contribution in [0.15, 0.2) is 36.5 Å². The second-order valence-corrected chi connectivity index (χ2v) is 10.5. The van der Waals surface area contributed by atoms with Crippen molar-refractivity contribution in [2.75, 3.05) is 19.7 Å². The first-order valence-electron chi connectivity index (χ1n) is 12.6. The quantitative estimate of drug-likeness (QED) is 0.305. The summed E-state index contributed by atoms with van der Waals surface area (Å²) in [4.78, 5) is 16.0. The van der Waals surface area contributed by atoms with Gasteiger partial charge in [0.25, 0.3) is 0 Å². The molecule has 12 heteroatoms. The molecule has 1 atom stereocenters. The number of halogens is 3. The predicted molar refractivity (Wildman–Crippen MR) is 140 cm³/mol. The molecule has 9 nitrogen and oxygen atoms in total. The molecule has 2 aliphatic rings. The van der Waals surface area contributed by atoms with Crippen LogP contribution in [0.3, 0.4) is 0 Å². The Morgan fingerprint density at radius 3 is 2.66 bits per heavy atom. The molecule has 4 aromatic rings. The summed E-state index contributed by atoms with van der Waals surface area (Å²) in [5.74, 6) is 0.818. The Hall–Kier alpha value is -2.92. The summed E-state index contributed by atoms with van der Waals surface area (Å²) >= 11 is 11.9. The number of likely N-dealkylation sites (tertiary alicyclic amines) is 1. The van der Waals surface area contributed by atoms with Gasteiger partial charge < -0.3 is 14.0 Å². The number of nitrogens with zero attached hydrogens (tertiary/aromatic N) is 7. The highest BCUT2D eigenvalue weighted by molar-refractivity contribution is 6.30. The zero-order valence-electron chi connectivity index (χ0n) is 20.6. The van der Waals surface area contributed by atoms with Crippen LogP contribution in [0.4, 0.5) is 4.39 Å². The molecule has 0 aliphatic carbocycles. The molecule has 0 saturated carbocycles. The van der Waals surface area contributed by atoms with E-state index in [2.05, 4.69) is 29.6 Å². The van der Waals surface area contributed by atoms with Crippen LogP contribution < -0.4 is 4.74 Å². The third kappa shape index (κ3) is 5.58. The Morgan fingerprint density at radius 2 is 1.89 bits per heavy atom. The number of imidazole rings is 1. The van der Waals surface area contributed by atoms with E-state index in [1.165, 1.54) is 6.07 Å². The molecular formula is C26H26Cl2FN7O2. The van der Waals surface area contributed by atoms with Gasteiger partial charge >= 0.3 is 6.01 Å². The van der Waals surface area contributed by atoms with E-state index in [1.807, 2.05) is 6.07 Å². The number of aromatic nitrogens is 6. The smallest absolute Gasteiger partial charge is 0.316 e. The second kappa shape index (κ2) is 11.1. The summed E-state index contributed by atoms with van der Waals surface area (Å²) < 4.78 is 27.5. The molecule has 0 radical (unpaired) electrons. The van der Waals surface area contributed by atoms with Gasteiger partial charge in [-0.2, -0.15) is 4.98 Å². The zero-order valence-corrected chi connectivity index (χ0v) is 22.1. The lowest BCUT2D eigenvalue weighted by atomic mass is 9.93. The summed E-state index contributed by atoms with van der Waals surface area (Å²) in [5.41, 5.74) is 2.83. The minimum atomic E-state index is -0.412. The van der Waals surface area contributed by atoms with Crippen LogP contribution >= 0.6 is 23.2 Å². The SMILES string of the molecule is Fc1cc(Cl)ccc1COc1nccc(C2CCN(Cc3nc4cc(Cl)nnc4n3C[C@@H]3CCO3)CC2)n1. The first kappa shape index (κ1) is 25.4. The van der Waals surface area contributed by atoms with E-state index >= 15 is 0 Å². The number of fused-ring (bicyclic) bond motifs is 1. The van der Waals surface area contributed by atoms with Gasteiger partial charge in [0, 0.05) is 35.4 Å². The van der Waals surface area contributed by atoms with Gasteiger partial charge in [0.2, 0.25) is 0 Å². The molecule has 198 valence electrons. The van der Waals surface area contributed by atoms with E-state index in [0.29, 0.717) is 28.8 Å². The fourth-order valence-electron chi connectivity index (χ4n) is 4.91. The van der Waals surface area contributed by atoms with Crippen LogP contribution in [0.2, 0.25) is 10.2 Å². The molecule has 0 amide bonds. The van der Waals surface area contributed by atoms with Crippen molar-refractivity contribution in [3.63, 3.8) is 0 Å². The zero-order chi connectivity index (χ0) is 26.1. The molecule has 0 unspecified atom stereocenters. The Morgan fingerprint density at radius 1 is 1.05 bits per heavy atom. The fraction of sp³-hybridized carbons (Fsp3) is 0.423. The number of hydrogen-bond donors (Lipinski definition) is 0. The number of rotatable bonds is 8.